The van der Waals surface area contributed by atoms with Gasteiger partial charge in [0.2, 0.25) is 0 Å². The second kappa shape index (κ2) is 5.78. The Morgan fingerprint density at radius 1 is 1.29 bits per heavy atom. The van der Waals surface area contributed by atoms with Gasteiger partial charge in [-0.3, -0.25) is 9.69 Å². The Bertz CT molecular complexity index is 495. The molecule has 1 unspecified atom stereocenters. The summed E-state index contributed by atoms with van der Waals surface area (Å²) in [4.78, 5) is 16.4. The van der Waals surface area contributed by atoms with Crippen LogP contribution in [0.15, 0.2) is 30.3 Å². The van der Waals surface area contributed by atoms with E-state index in [4.69, 9.17) is 0 Å². The van der Waals surface area contributed by atoms with Gasteiger partial charge in [-0.25, -0.2) is 0 Å². The molecule has 4 nitrogen and oxygen atoms in total. The molecule has 1 aromatic carbocycles. The number of carboxylic acids is 1. The highest BCUT2D eigenvalue weighted by atomic mass is 16.4. The van der Waals surface area contributed by atoms with Gasteiger partial charge in [0, 0.05) is 25.0 Å². The van der Waals surface area contributed by atoms with Crippen LogP contribution in [0.25, 0.3) is 0 Å². The zero-order valence-corrected chi connectivity index (χ0v) is 12.7. The van der Waals surface area contributed by atoms with Crippen LogP contribution in [0, 0.1) is 11.3 Å². The minimum absolute atomic E-state index is 0.0207. The van der Waals surface area contributed by atoms with Gasteiger partial charge in [0.1, 0.15) is 0 Å². The van der Waals surface area contributed by atoms with Crippen molar-refractivity contribution < 1.29 is 9.90 Å². The summed E-state index contributed by atoms with van der Waals surface area (Å²) in [7, 11) is 2.12. The molecule has 114 valence electrons. The maximum absolute atomic E-state index is 11.7. The van der Waals surface area contributed by atoms with Gasteiger partial charge in [-0.15, -0.1) is 0 Å². The number of hydrogen-bond acceptors (Lipinski definition) is 3. The number of aliphatic carboxylic acids is 1. The molecule has 1 N–H and O–H groups in total. The average molecular weight is 288 g/mol. The molecule has 1 atom stereocenters. The van der Waals surface area contributed by atoms with Gasteiger partial charge < -0.3 is 10.0 Å². The predicted molar refractivity (Wildman–Crippen MR) is 82.0 cm³/mol. The normalized spacial score (nSPS) is 26.2. The first-order chi connectivity index (χ1) is 10.1. The van der Waals surface area contributed by atoms with Crippen molar-refractivity contribution in [3.63, 3.8) is 0 Å². The molecule has 1 aromatic rings. The number of carbonyl (C=O) groups is 1. The van der Waals surface area contributed by atoms with Crippen molar-refractivity contribution in [1.29, 1.82) is 0 Å². The van der Waals surface area contributed by atoms with Gasteiger partial charge in [-0.05, 0) is 38.5 Å². The van der Waals surface area contributed by atoms with E-state index in [-0.39, 0.29) is 11.3 Å². The molecule has 0 saturated carbocycles. The fourth-order valence-electron chi connectivity index (χ4n) is 3.94. The van der Waals surface area contributed by atoms with Crippen LogP contribution in [0.2, 0.25) is 0 Å². The Kier molecular flexibility index (Phi) is 4.00. The number of carboxylic acid groups (broad SMARTS) is 1. The first kappa shape index (κ1) is 14.5. The van der Waals surface area contributed by atoms with Crippen LogP contribution in [0.3, 0.4) is 0 Å². The number of rotatable bonds is 3. The molecule has 2 fully saturated rings. The number of piperidine rings is 1. The summed E-state index contributed by atoms with van der Waals surface area (Å²) in [5.74, 6) is -0.829. The Hall–Kier alpha value is -1.39. The largest absolute Gasteiger partial charge is 0.481 e. The van der Waals surface area contributed by atoms with Crippen LogP contribution in [-0.4, -0.2) is 54.1 Å². The van der Waals surface area contributed by atoms with E-state index in [0.29, 0.717) is 6.54 Å². The summed E-state index contributed by atoms with van der Waals surface area (Å²) in [6, 6.07) is 10.4. The van der Waals surface area contributed by atoms with Gasteiger partial charge in [0.15, 0.2) is 0 Å². The third-order valence-electron chi connectivity index (χ3n) is 5.25. The van der Waals surface area contributed by atoms with E-state index in [1.165, 1.54) is 5.56 Å². The third kappa shape index (κ3) is 2.97. The van der Waals surface area contributed by atoms with E-state index in [0.717, 1.165) is 39.0 Å². The molecule has 0 bridgehead atoms. The maximum Gasteiger partial charge on any atom is 0.308 e. The van der Waals surface area contributed by atoms with Gasteiger partial charge in [-0.2, -0.15) is 0 Å². The molecule has 0 amide bonds. The lowest BCUT2D eigenvalue weighted by molar-refractivity contribution is -0.145. The standard InChI is InChI=1S/C17H24N2O2/c1-18-9-7-17(8-10-18)13-19(12-15(17)16(20)21)11-14-5-3-2-4-6-14/h2-6,15H,7-13H2,1H3,(H,20,21). The topological polar surface area (TPSA) is 43.8 Å². The van der Waals surface area contributed by atoms with Crippen molar-refractivity contribution in [1.82, 2.24) is 9.80 Å². The van der Waals surface area contributed by atoms with E-state index >= 15 is 0 Å². The average Bonchev–Trinajstić information content (AvgIpc) is 2.82. The molecule has 4 heteroatoms. The molecular formula is C17H24N2O2. The number of likely N-dealkylation sites (tertiary alicyclic amines) is 2. The summed E-state index contributed by atoms with van der Waals surface area (Å²) in [6.07, 6.45) is 2.01. The lowest BCUT2D eigenvalue weighted by atomic mass is 9.71. The molecule has 21 heavy (non-hydrogen) atoms. The first-order valence-electron chi connectivity index (χ1n) is 7.77. The summed E-state index contributed by atoms with van der Waals surface area (Å²) in [5, 5.41) is 9.64. The summed E-state index contributed by atoms with van der Waals surface area (Å²) < 4.78 is 0. The van der Waals surface area contributed by atoms with Gasteiger partial charge in [0.05, 0.1) is 5.92 Å². The Morgan fingerprint density at radius 3 is 2.57 bits per heavy atom. The van der Waals surface area contributed by atoms with Crippen LogP contribution in [0.1, 0.15) is 18.4 Å². The molecule has 3 rings (SSSR count). The fourth-order valence-corrected chi connectivity index (χ4v) is 3.94. The zero-order valence-electron chi connectivity index (χ0n) is 12.7. The van der Waals surface area contributed by atoms with E-state index in [2.05, 4.69) is 29.0 Å². The second-order valence-corrected chi connectivity index (χ2v) is 6.71. The molecule has 0 aliphatic carbocycles. The van der Waals surface area contributed by atoms with E-state index in [1.54, 1.807) is 0 Å². The van der Waals surface area contributed by atoms with Crippen molar-refractivity contribution in [3.8, 4) is 0 Å². The molecule has 2 aliphatic heterocycles. The number of benzene rings is 1. The molecule has 2 saturated heterocycles. The minimum Gasteiger partial charge on any atom is -0.481 e. The second-order valence-electron chi connectivity index (χ2n) is 6.71. The Labute approximate surface area is 126 Å². The maximum atomic E-state index is 11.7. The van der Waals surface area contributed by atoms with Gasteiger partial charge >= 0.3 is 5.97 Å². The highest BCUT2D eigenvalue weighted by Crippen LogP contribution is 2.45. The Balaban J connectivity index is 1.74. The van der Waals surface area contributed by atoms with E-state index in [1.807, 2.05) is 18.2 Å². The van der Waals surface area contributed by atoms with Crippen molar-refractivity contribution in [2.75, 3.05) is 33.2 Å². The molecule has 2 aliphatic rings. The smallest absolute Gasteiger partial charge is 0.308 e. The van der Waals surface area contributed by atoms with Crippen LogP contribution in [-0.2, 0) is 11.3 Å². The highest BCUT2D eigenvalue weighted by molar-refractivity contribution is 5.72. The van der Waals surface area contributed by atoms with E-state index in [9.17, 15) is 9.90 Å². The molecule has 0 aromatic heterocycles. The van der Waals surface area contributed by atoms with Crippen LogP contribution in [0.5, 0.6) is 0 Å². The predicted octanol–water partition coefficient (Wildman–Crippen LogP) is 1.91. The van der Waals surface area contributed by atoms with Crippen molar-refractivity contribution in [2.24, 2.45) is 11.3 Å². The highest BCUT2D eigenvalue weighted by Gasteiger charge is 2.50. The SMILES string of the molecule is CN1CCC2(CC1)CN(Cc1ccccc1)CC2C(=O)O. The summed E-state index contributed by atoms with van der Waals surface area (Å²) in [5.41, 5.74) is 1.25. The lowest BCUT2D eigenvalue weighted by Gasteiger charge is -2.40. The molecular weight excluding hydrogens is 264 g/mol. The number of hydrogen-bond donors (Lipinski definition) is 1. The quantitative estimate of drug-likeness (QED) is 0.923. The van der Waals surface area contributed by atoms with E-state index < -0.39 is 5.97 Å². The molecule has 1 spiro atoms. The molecule has 0 radical (unpaired) electrons. The van der Waals surface area contributed by atoms with Crippen LogP contribution >= 0.6 is 0 Å². The fraction of sp³-hybridized carbons (Fsp3) is 0.588. The summed E-state index contributed by atoms with van der Waals surface area (Å²) >= 11 is 0. The third-order valence-corrected chi connectivity index (χ3v) is 5.25. The van der Waals surface area contributed by atoms with Crippen molar-refractivity contribution >= 4 is 5.97 Å². The van der Waals surface area contributed by atoms with Gasteiger partial charge in [0.25, 0.3) is 0 Å². The molecule has 2 heterocycles. The van der Waals surface area contributed by atoms with Crippen LogP contribution < -0.4 is 0 Å². The Morgan fingerprint density at radius 2 is 1.95 bits per heavy atom. The van der Waals surface area contributed by atoms with Gasteiger partial charge in [-0.1, -0.05) is 30.3 Å². The number of nitrogens with zero attached hydrogens (tertiary/aromatic N) is 2. The van der Waals surface area contributed by atoms with Crippen molar-refractivity contribution in [3.05, 3.63) is 35.9 Å². The van der Waals surface area contributed by atoms with Crippen LogP contribution in [0.4, 0.5) is 0 Å². The monoisotopic (exact) mass is 288 g/mol. The zero-order chi connectivity index (χ0) is 14.9. The lowest BCUT2D eigenvalue weighted by Crippen LogP contribution is -2.44. The minimum atomic E-state index is -0.616. The van der Waals surface area contributed by atoms with Crippen molar-refractivity contribution in [2.45, 2.75) is 19.4 Å². The first-order valence-corrected chi connectivity index (χ1v) is 7.77. The summed E-state index contributed by atoms with van der Waals surface area (Å²) in [6.45, 7) is 4.51.